The van der Waals surface area contributed by atoms with Crippen LogP contribution in [0.4, 0.5) is 0 Å². The highest BCUT2D eigenvalue weighted by atomic mass is 32.2. The molecule has 0 atom stereocenters. The molecule has 1 aromatic heterocycles. The fourth-order valence-electron chi connectivity index (χ4n) is 3.74. The highest BCUT2D eigenvalue weighted by molar-refractivity contribution is 7.99. The third-order valence-electron chi connectivity index (χ3n) is 5.74. The van der Waals surface area contributed by atoms with Crippen molar-refractivity contribution in [1.82, 2.24) is 15.4 Å². The number of oxazole rings is 1. The van der Waals surface area contributed by atoms with Crippen molar-refractivity contribution in [3.63, 3.8) is 0 Å². The minimum Gasteiger partial charge on any atom is -0.494 e. The Morgan fingerprint density at radius 3 is 2.55 bits per heavy atom. The van der Waals surface area contributed by atoms with Gasteiger partial charge in [0.15, 0.2) is 15.4 Å². The maximum atomic E-state index is 12.8. The van der Waals surface area contributed by atoms with Crippen LogP contribution in [0.1, 0.15) is 25.7 Å². The van der Waals surface area contributed by atoms with E-state index in [4.69, 9.17) is 19.1 Å². The topological polar surface area (TPSA) is 131 Å². The molecule has 3 aromatic rings. The first-order valence-electron chi connectivity index (χ1n) is 12.5. The van der Waals surface area contributed by atoms with E-state index in [-0.39, 0.29) is 17.1 Å². The van der Waals surface area contributed by atoms with Crippen LogP contribution in [0.3, 0.4) is 0 Å². The molecular weight excluding hydrogens is 530 g/mol. The van der Waals surface area contributed by atoms with Gasteiger partial charge in [-0.1, -0.05) is 23.9 Å². The largest absolute Gasteiger partial charge is 0.494 e. The van der Waals surface area contributed by atoms with Crippen molar-refractivity contribution in [3.8, 4) is 5.75 Å². The Hall–Kier alpha value is -2.64. The first kappa shape index (κ1) is 29.9. The zero-order valence-corrected chi connectivity index (χ0v) is 23.1. The molecule has 0 bridgehead atoms. The predicted molar refractivity (Wildman–Crippen MR) is 145 cm³/mol. The number of methoxy groups -OCH3 is 1. The van der Waals surface area contributed by atoms with Crippen LogP contribution >= 0.6 is 11.8 Å². The molecule has 208 valence electrons. The van der Waals surface area contributed by atoms with Gasteiger partial charge in [0.05, 0.1) is 23.9 Å². The van der Waals surface area contributed by atoms with Crippen molar-refractivity contribution in [2.75, 3.05) is 51.5 Å². The van der Waals surface area contributed by atoms with Crippen LogP contribution in [0.2, 0.25) is 0 Å². The standard InChI is InChI=1S/C26H35N3O7S2/c1-34-18-16-29(14-4-9-25(30)28-31)15-5-20-38(32,33)22-12-10-21(11-13-22)35-17-6-19-37-26-27-23-7-2-3-8-24(23)36-26/h2-3,7-8,10-13,31H,4-6,9,14-20H2,1H3,(H,28,30). The van der Waals surface area contributed by atoms with Crippen LogP contribution in [0, 0.1) is 0 Å². The molecule has 1 amide bonds. The number of hydrogen-bond acceptors (Lipinski definition) is 10. The number of amides is 1. The van der Waals surface area contributed by atoms with Crippen LogP contribution in [-0.2, 0) is 19.4 Å². The minimum absolute atomic E-state index is 0.0147. The van der Waals surface area contributed by atoms with E-state index in [2.05, 4.69) is 9.88 Å². The molecule has 0 spiro atoms. The van der Waals surface area contributed by atoms with Crippen molar-refractivity contribution >= 4 is 38.6 Å². The van der Waals surface area contributed by atoms with Gasteiger partial charge < -0.3 is 18.8 Å². The lowest BCUT2D eigenvalue weighted by Gasteiger charge is -2.21. The zero-order valence-electron chi connectivity index (χ0n) is 21.5. The first-order chi connectivity index (χ1) is 18.4. The molecule has 0 saturated heterocycles. The summed E-state index contributed by atoms with van der Waals surface area (Å²) in [6.07, 6.45) is 1.99. The van der Waals surface area contributed by atoms with E-state index < -0.39 is 15.7 Å². The van der Waals surface area contributed by atoms with Gasteiger partial charge in [-0.05, 0) is 68.8 Å². The summed E-state index contributed by atoms with van der Waals surface area (Å²) in [6, 6.07) is 14.2. The molecule has 0 fully saturated rings. The number of nitrogens with zero attached hydrogens (tertiary/aromatic N) is 2. The summed E-state index contributed by atoms with van der Waals surface area (Å²) < 4.78 is 42.2. The van der Waals surface area contributed by atoms with Crippen LogP contribution in [0.15, 0.2) is 63.1 Å². The molecule has 12 heteroatoms. The number of sulfone groups is 1. The van der Waals surface area contributed by atoms with Gasteiger partial charge in [0.2, 0.25) is 5.91 Å². The number of ether oxygens (including phenoxy) is 2. The maximum Gasteiger partial charge on any atom is 0.256 e. The molecule has 10 nitrogen and oxygen atoms in total. The van der Waals surface area contributed by atoms with Crippen LogP contribution in [0.25, 0.3) is 11.1 Å². The third-order valence-corrected chi connectivity index (χ3v) is 8.47. The SMILES string of the molecule is COCCN(CCCC(=O)NO)CCCS(=O)(=O)c1ccc(OCCCSc2nc3ccccc3o2)cc1. The van der Waals surface area contributed by atoms with E-state index in [9.17, 15) is 13.2 Å². The van der Waals surface area contributed by atoms with Gasteiger partial charge in [-0.3, -0.25) is 10.0 Å². The number of carbonyl (C=O) groups excluding carboxylic acids is 1. The van der Waals surface area contributed by atoms with Crippen LogP contribution < -0.4 is 10.2 Å². The summed E-state index contributed by atoms with van der Waals surface area (Å²) in [5.74, 6) is 0.981. The molecule has 1 heterocycles. The lowest BCUT2D eigenvalue weighted by molar-refractivity contribution is -0.129. The maximum absolute atomic E-state index is 12.8. The van der Waals surface area contributed by atoms with Gasteiger partial charge in [-0.25, -0.2) is 18.9 Å². The number of hydroxylamine groups is 1. The van der Waals surface area contributed by atoms with Gasteiger partial charge >= 0.3 is 0 Å². The average molecular weight is 566 g/mol. The molecule has 3 rings (SSSR count). The van der Waals surface area contributed by atoms with E-state index in [0.717, 1.165) is 23.3 Å². The molecule has 0 saturated carbocycles. The lowest BCUT2D eigenvalue weighted by Crippen LogP contribution is -2.31. The Bertz CT molecular complexity index is 1200. The summed E-state index contributed by atoms with van der Waals surface area (Å²) in [5.41, 5.74) is 3.23. The van der Waals surface area contributed by atoms with Gasteiger partial charge in [0.1, 0.15) is 11.3 Å². The number of rotatable bonds is 18. The van der Waals surface area contributed by atoms with E-state index in [0.29, 0.717) is 56.7 Å². The summed E-state index contributed by atoms with van der Waals surface area (Å²) in [4.78, 5) is 18.0. The molecular formula is C26H35N3O7S2. The van der Waals surface area contributed by atoms with Gasteiger partial charge in [-0.15, -0.1) is 0 Å². The quantitative estimate of drug-likeness (QED) is 0.102. The Kier molecular flexibility index (Phi) is 12.4. The number of fused-ring (bicyclic) bond motifs is 1. The smallest absolute Gasteiger partial charge is 0.256 e. The second kappa shape index (κ2) is 15.7. The molecule has 2 N–H and O–H groups in total. The molecule has 0 aliphatic rings. The van der Waals surface area contributed by atoms with Crippen molar-refractivity contribution in [1.29, 1.82) is 0 Å². The van der Waals surface area contributed by atoms with Crippen molar-refractivity contribution < 1.29 is 32.3 Å². The number of hydrogen-bond donors (Lipinski definition) is 2. The normalized spacial score (nSPS) is 11.8. The second-order valence-electron chi connectivity index (χ2n) is 8.61. The summed E-state index contributed by atoms with van der Waals surface area (Å²) in [6.45, 7) is 2.81. The molecule has 0 unspecified atom stereocenters. The van der Waals surface area contributed by atoms with Crippen molar-refractivity contribution in [2.24, 2.45) is 0 Å². The summed E-state index contributed by atoms with van der Waals surface area (Å²) >= 11 is 1.53. The summed E-state index contributed by atoms with van der Waals surface area (Å²) in [5, 5.41) is 9.24. The third kappa shape index (κ3) is 9.91. The molecule has 0 aliphatic carbocycles. The van der Waals surface area contributed by atoms with Gasteiger partial charge in [-0.2, -0.15) is 0 Å². The van der Waals surface area contributed by atoms with Gasteiger partial charge in [0, 0.05) is 25.8 Å². The summed E-state index contributed by atoms with van der Waals surface area (Å²) in [7, 11) is -1.83. The highest BCUT2D eigenvalue weighted by Gasteiger charge is 2.16. The zero-order chi connectivity index (χ0) is 27.2. The average Bonchev–Trinajstić information content (AvgIpc) is 3.34. The lowest BCUT2D eigenvalue weighted by atomic mass is 10.2. The monoisotopic (exact) mass is 565 g/mol. The van der Waals surface area contributed by atoms with Crippen molar-refractivity contribution in [3.05, 3.63) is 48.5 Å². The number of nitrogens with one attached hydrogen (secondary N) is 1. The Morgan fingerprint density at radius 2 is 1.82 bits per heavy atom. The number of carbonyl (C=O) groups is 1. The van der Waals surface area contributed by atoms with E-state index in [1.807, 2.05) is 24.3 Å². The molecule has 0 radical (unpaired) electrons. The number of benzene rings is 2. The Labute approximate surface area is 227 Å². The number of para-hydroxylation sites is 2. The van der Waals surface area contributed by atoms with E-state index in [1.165, 1.54) is 11.8 Å². The fourth-order valence-corrected chi connectivity index (χ4v) is 5.78. The van der Waals surface area contributed by atoms with E-state index >= 15 is 0 Å². The fraction of sp³-hybridized carbons (Fsp3) is 0.462. The van der Waals surface area contributed by atoms with E-state index in [1.54, 1.807) is 36.9 Å². The number of thioether (sulfide) groups is 1. The molecule has 2 aromatic carbocycles. The minimum atomic E-state index is -3.43. The Morgan fingerprint density at radius 1 is 1.05 bits per heavy atom. The van der Waals surface area contributed by atoms with Crippen molar-refractivity contribution in [2.45, 2.75) is 35.8 Å². The first-order valence-corrected chi connectivity index (χ1v) is 15.1. The van der Waals surface area contributed by atoms with Crippen LogP contribution in [0.5, 0.6) is 5.75 Å². The molecule has 38 heavy (non-hydrogen) atoms. The Balaban J connectivity index is 1.37. The van der Waals surface area contributed by atoms with Crippen LogP contribution in [-0.4, -0.2) is 80.9 Å². The highest BCUT2D eigenvalue weighted by Crippen LogP contribution is 2.24. The second-order valence-corrected chi connectivity index (χ2v) is 11.8. The number of aromatic nitrogens is 1. The predicted octanol–water partition coefficient (Wildman–Crippen LogP) is 3.79. The van der Waals surface area contributed by atoms with Gasteiger partial charge in [0.25, 0.3) is 5.22 Å². The molecule has 0 aliphatic heterocycles.